The van der Waals surface area contributed by atoms with Crippen LogP contribution >= 0.6 is 15.9 Å². The molecule has 0 bridgehead atoms. The summed E-state index contributed by atoms with van der Waals surface area (Å²) in [6.45, 7) is 1.92. The number of hydrogen-bond acceptors (Lipinski definition) is 2. The molecule has 64 valence electrons. The SMILES string of the molecule is Cc1ccncc1NC(=O)CBr. The van der Waals surface area contributed by atoms with Gasteiger partial charge in [0.2, 0.25) is 5.91 Å². The summed E-state index contributed by atoms with van der Waals surface area (Å²) in [5.74, 6) is -0.0638. The van der Waals surface area contributed by atoms with E-state index in [1.54, 1.807) is 12.4 Å². The van der Waals surface area contributed by atoms with E-state index in [9.17, 15) is 4.79 Å². The number of carbonyl (C=O) groups is 1. The van der Waals surface area contributed by atoms with Crippen LogP contribution in [0.4, 0.5) is 5.69 Å². The Morgan fingerprint density at radius 3 is 3.08 bits per heavy atom. The van der Waals surface area contributed by atoms with Crippen molar-refractivity contribution >= 4 is 27.5 Å². The van der Waals surface area contributed by atoms with E-state index in [0.717, 1.165) is 11.3 Å². The van der Waals surface area contributed by atoms with Crippen molar-refractivity contribution in [3.8, 4) is 0 Å². The van der Waals surface area contributed by atoms with Crippen LogP contribution in [-0.2, 0) is 4.79 Å². The summed E-state index contributed by atoms with van der Waals surface area (Å²) in [6, 6.07) is 1.85. The molecule has 1 N–H and O–H groups in total. The fraction of sp³-hybridized carbons (Fsp3) is 0.250. The molecule has 1 amide bonds. The molecular weight excluding hydrogens is 220 g/mol. The quantitative estimate of drug-likeness (QED) is 0.784. The molecule has 0 aliphatic rings. The molecule has 0 fully saturated rings. The van der Waals surface area contributed by atoms with E-state index < -0.39 is 0 Å². The van der Waals surface area contributed by atoms with Gasteiger partial charge in [-0.25, -0.2) is 0 Å². The number of carbonyl (C=O) groups excluding carboxylic acids is 1. The summed E-state index contributed by atoms with van der Waals surface area (Å²) in [5, 5.41) is 3.02. The van der Waals surface area contributed by atoms with Crippen LogP contribution in [0.25, 0.3) is 0 Å². The molecule has 1 heterocycles. The van der Waals surface area contributed by atoms with E-state index in [2.05, 4.69) is 26.2 Å². The first-order valence-electron chi connectivity index (χ1n) is 3.50. The average Bonchev–Trinajstić information content (AvgIpc) is 2.09. The van der Waals surface area contributed by atoms with Gasteiger partial charge in [-0.3, -0.25) is 9.78 Å². The van der Waals surface area contributed by atoms with Crippen LogP contribution in [0.15, 0.2) is 18.5 Å². The Balaban J connectivity index is 2.75. The summed E-state index contributed by atoms with van der Waals surface area (Å²) in [4.78, 5) is 14.9. The summed E-state index contributed by atoms with van der Waals surface area (Å²) in [5.41, 5.74) is 1.78. The maximum Gasteiger partial charge on any atom is 0.235 e. The van der Waals surface area contributed by atoms with Crippen molar-refractivity contribution in [1.82, 2.24) is 4.98 Å². The van der Waals surface area contributed by atoms with E-state index in [4.69, 9.17) is 0 Å². The van der Waals surface area contributed by atoms with Crippen molar-refractivity contribution in [2.75, 3.05) is 10.6 Å². The van der Waals surface area contributed by atoms with Gasteiger partial charge < -0.3 is 5.32 Å². The van der Waals surface area contributed by atoms with Crippen molar-refractivity contribution in [2.45, 2.75) is 6.92 Å². The molecule has 0 spiro atoms. The second kappa shape index (κ2) is 4.21. The van der Waals surface area contributed by atoms with Crippen molar-refractivity contribution in [3.05, 3.63) is 24.0 Å². The third-order valence-electron chi connectivity index (χ3n) is 1.43. The van der Waals surface area contributed by atoms with Gasteiger partial charge in [0.15, 0.2) is 0 Å². The largest absolute Gasteiger partial charge is 0.324 e. The lowest BCUT2D eigenvalue weighted by Crippen LogP contribution is -2.13. The summed E-state index contributed by atoms with van der Waals surface area (Å²) in [6.07, 6.45) is 3.33. The normalized spacial score (nSPS) is 9.50. The summed E-state index contributed by atoms with van der Waals surface area (Å²) in [7, 11) is 0. The maximum atomic E-state index is 10.9. The van der Waals surface area contributed by atoms with E-state index in [0.29, 0.717) is 5.33 Å². The lowest BCUT2D eigenvalue weighted by atomic mass is 10.2. The molecule has 0 saturated heterocycles. The number of nitrogens with one attached hydrogen (secondary N) is 1. The molecule has 1 aromatic rings. The number of anilines is 1. The molecule has 0 saturated carbocycles. The highest BCUT2D eigenvalue weighted by molar-refractivity contribution is 9.09. The molecule has 0 aliphatic carbocycles. The molecule has 3 nitrogen and oxygen atoms in total. The van der Waals surface area contributed by atoms with Crippen LogP contribution in [0.5, 0.6) is 0 Å². The van der Waals surface area contributed by atoms with Gasteiger partial charge in [0, 0.05) is 6.20 Å². The van der Waals surface area contributed by atoms with E-state index in [1.807, 2.05) is 13.0 Å². The summed E-state index contributed by atoms with van der Waals surface area (Å²) < 4.78 is 0. The predicted octanol–water partition coefficient (Wildman–Crippen LogP) is 1.72. The van der Waals surface area contributed by atoms with Gasteiger partial charge in [0.25, 0.3) is 0 Å². The smallest absolute Gasteiger partial charge is 0.235 e. The second-order valence-corrected chi connectivity index (χ2v) is 2.93. The zero-order chi connectivity index (χ0) is 8.97. The first-order chi connectivity index (χ1) is 5.74. The molecule has 4 heteroatoms. The fourth-order valence-corrected chi connectivity index (χ4v) is 0.919. The standard InChI is InChI=1S/C8H9BrN2O/c1-6-2-3-10-5-7(6)11-8(12)4-9/h2-3,5H,4H2,1H3,(H,11,12). The minimum Gasteiger partial charge on any atom is -0.324 e. The highest BCUT2D eigenvalue weighted by Gasteiger charge is 2.01. The van der Waals surface area contributed by atoms with Gasteiger partial charge >= 0.3 is 0 Å². The van der Waals surface area contributed by atoms with Gasteiger partial charge in [-0.05, 0) is 18.6 Å². The van der Waals surface area contributed by atoms with Crippen LogP contribution in [0.2, 0.25) is 0 Å². The minimum absolute atomic E-state index is 0.0638. The Kier molecular flexibility index (Phi) is 3.22. The number of halogens is 1. The first-order valence-corrected chi connectivity index (χ1v) is 4.62. The van der Waals surface area contributed by atoms with Crippen molar-refractivity contribution < 1.29 is 4.79 Å². The van der Waals surface area contributed by atoms with Crippen molar-refractivity contribution in [1.29, 1.82) is 0 Å². The summed E-state index contributed by atoms with van der Waals surface area (Å²) >= 11 is 3.06. The molecule has 1 rings (SSSR count). The van der Waals surface area contributed by atoms with Crippen LogP contribution in [0.3, 0.4) is 0 Å². The van der Waals surface area contributed by atoms with Gasteiger partial charge in [-0.1, -0.05) is 15.9 Å². The molecular formula is C8H9BrN2O. The number of alkyl halides is 1. The zero-order valence-electron chi connectivity index (χ0n) is 6.67. The Hall–Kier alpha value is -0.900. The minimum atomic E-state index is -0.0638. The highest BCUT2D eigenvalue weighted by atomic mass is 79.9. The predicted molar refractivity (Wildman–Crippen MR) is 51.4 cm³/mol. The number of rotatable bonds is 2. The Morgan fingerprint density at radius 1 is 1.75 bits per heavy atom. The Morgan fingerprint density at radius 2 is 2.50 bits per heavy atom. The van der Waals surface area contributed by atoms with Crippen LogP contribution < -0.4 is 5.32 Å². The monoisotopic (exact) mass is 228 g/mol. The van der Waals surface area contributed by atoms with E-state index in [-0.39, 0.29) is 5.91 Å². The number of hydrogen-bond donors (Lipinski definition) is 1. The van der Waals surface area contributed by atoms with Crippen LogP contribution in [0, 0.1) is 6.92 Å². The lowest BCUT2D eigenvalue weighted by molar-refractivity contribution is -0.113. The van der Waals surface area contributed by atoms with Crippen LogP contribution in [-0.4, -0.2) is 16.2 Å². The Labute approximate surface area is 79.3 Å². The van der Waals surface area contributed by atoms with Gasteiger partial charge in [-0.2, -0.15) is 0 Å². The van der Waals surface area contributed by atoms with Crippen molar-refractivity contribution in [2.24, 2.45) is 0 Å². The third kappa shape index (κ3) is 2.30. The molecule has 0 unspecified atom stereocenters. The lowest BCUT2D eigenvalue weighted by Gasteiger charge is -2.04. The fourth-order valence-electron chi connectivity index (χ4n) is 0.778. The van der Waals surface area contributed by atoms with E-state index >= 15 is 0 Å². The topological polar surface area (TPSA) is 42.0 Å². The van der Waals surface area contributed by atoms with Gasteiger partial charge in [0.1, 0.15) is 0 Å². The molecule has 0 atom stereocenters. The zero-order valence-corrected chi connectivity index (χ0v) is 8.26. The molecule has 0 aliphatic heterocycles. The number of pyridine rings is 1. The molecule has 0 aromatic carbocycles. The number of aromatic nitrogens is 1. The van der Waals surface area contributed by atoms with Crippen molar-refractivity contribution in [3.63, 3.8) is 0 Å². The third-order valence-corrected chi connectivity index (χ3v) is 1.94. The number of aryl methyl sites for hydroxylation is 1. The number of nitrogens with zero attached hydrogens (tertiary/aromatic N) is 1. The second-order valence-electron chi connectivity index (χ2n) is 2.37. The van der Waals surface area contributed by atoms with Crippen LogP contribution in [0.1, 0.15) is 5.56 Å². The average molecular weight is 229 g/mol. The molecule has 0 radical (unpaired) electrons. The maximum absolute atomic E-state index is 10.9. The molecule has 12 heavy (non-hydrogen) atoms. The first kappa shape index (κ1) is 9.19. The number of amides is 1. The highest BCUT2D eigenvalue weighted by Crippen LogP contribution is 2.10. The van der Waals surface area contributed by atoms with E-state index in [1.165, 1.54) is 0 Å². The Bertz CT molecular complexity index is 288. The molecule has 1 aromatic heterocycles. The van der Waals surface area contributed by atoms with Gasteiger partial charge in [0.05, 0.1) is 17.2 Å². The van der Waals surface area contributed by atoms with Gasteiger partial charge in [-0.15, -0.1) is 0 Å².